The molecule has 1 amide bonds. The van der Waals surface area contributed by atoms with Crippen LogP contribution in [0.4, 0.5) is 5.58 Å². The Kier molecular flexibility index (Phi) is 2.70. The van der Waals surface area contributed by atoms with Crippen LogP contribution < -0.4 is 11.2 Å². The summed E-state index contributed by atoms with van der Waals surface area (Å²) in [5, 5.41) is 8.26. The summed E-state index contributed by atoms with van der Waals surface area (Å²) in [4.78, 5) is 10.8. The minimum absolute atomic E-state index is 0.273. The molecule has 0 aromatic carbocycles. The number of amides is 1. The Morgan fingerprint density at radius 1 is 1.45 bits per heavy atom. The van der Waals surface area contributed by atoms with Crippen LogP contribution in [0.5, 0.6) is 0 Å². The van der Waals surface area contributed by atoms with Gasteiger partial charge in [-0.3, -0.25) is 0 Å². The molecule has 0 aliphatic carbocycles. The molecule has 1 rings (SSSR count). The Balaban J connectivity index is 3.03. The zero-order chi connectivity index (χ0) is 8.27. The van der Waals surface area contributed by atoms with E-state index < -0.39 is 5.91 Å². The van der Waals surface area contributed by atoms with E-state index >= 15 is 0 Å². The third-order valence-corrected chi connectivity index (χ3v) is 1.31. The number of hydrogen-bond donors (Lipinski definition) is 3. The topological polar surface area (TPSA) is 75.4 Å². The molecular formula is C3H4B4N2O2. The zero-order valence-corrected chi connectivity index (χ0v) is 5.74. The number of hydrogen-bond acceptors (Lipinski definition) is 3. The molecule has 0 spiro atoms. The molecule has 0 saturated carbocycles. The summed E-state index contributed by atoms with van der Waals surface area (Å²) in [7, 11) is 0. The van der Waals surface area contributed by atoms with Gasteiger partial charge in [-0.1, -0.05) is 0 Å². The van der Waals surface area contributed by atoms with Gasteiger partial charge in [-0.25, -0.2) is 0 Å². The fourth-order valence-corrected chi connectivity index (χ4v) is 0.764. The van der Waals surface area contributed by atoms with Crippen molar-refractivity contribution in [2.45, 2.75) is 0 Å². The average molecular weight is 143 g/mol. The number of anilines is 1. The number of nitrogens with one attached hydrogen (secondary N) is 1. The van der Waals surface area contributed by atoms with Gasteiger partial charge in [0.05, 0.1) is 0 Å². The van der Waals surface area contributed by atoms with Crippen LogP contribution >= 0.6 is 0 Å². The van der Waals surface area contributed by atoms with Crippen LogP contribution in [0, 0.1) is 0 Å². The Morgan fingerprint density at radius 3 is 2.64 bits per heavy atom. The Bertz CT molecular complexity index is 280. The van der Waals surface area contributed by atoms with Gasteiger partial charge in [0, 0.05) is 0 Å². The van der Waals surface area contributed by atoms with Crippen LogP contribution in [0.1, 0.15) is 10.3 Å². The summed E-state index contributed by atoms with van der Waals surface area (Å²) in [6.07, 6.45) is 0. The molecule has 1 aromatic heterocycles. The molecule has 0 aliphatic rings. The maximum atomic E-state index is 10.8. The van der Waals surface area contributed by atoms with Gasteiger partial charge in [0.1, 0.15) is 0 Å². The van der Waals surface area contributed by atoms with Crippen molar-refractivity contribution in [2.75, 3.05) is 5.73 Å². The van der Waals surface area contributed by atoms with Gasteiger partial charge in [0.2, 0.25) is 0 Å². The van der Waals surface area contributed by atoms with E-state index in [1.165, 1.54) is 12.3 Å². The van der Waals surface area contributed by atoms with E-state index in [1.54, 1.807) is 20.2 Å². The molecule has 11 heavy (non-hydrogen) atoms. The number of carbonyl (C=O) groups excluding carboxylic acids is 1. The quantitative estimate of drug-likeness (QED) is 0.307. The van der Waals surface area contributed by atoms with E-state index in [9.17, 15) is 4.79 Å². The first-order valence-corrected chi connectivity index (χ1v) is 3.04. The molecular weight excluding hydrogens is 139 g/mol. The third kappa shape index (κ3) is 1.83. The maximum absolute atomic E-state index is 10.8. The van der Waals surface area contributed by atoms with Crippen molar-refractivity contribution in [3.05, 3.63) is 5.46 Å². The first-order chi connectivity index (χ1) is 5.25. The van der Waals surface area contributed by atoms with Crippen molar-refractivity contribution in [2.24, 2.45) is 0 Å². The molecule has 4 nitrogen and oxygen atoms in total. The zero-order valence-electron chi connectivity index (χ0n) is 5.74. The summed E-state index contributed by atoms with van der Waals surface area (Å²) >= 11 is 0. The molecule has 4 N–H and O–H groups in total. The van der Waals surface area contributed by atoms with E-state index in [-0.39, 0.29) is 5.46 Å². The molecule has 0 bridgehead atoms. The molecule has 0 unspecified atom stereocenters. The van der Waals surface area contributed by atoms with E-state index in [2.05, 4.69) is 0 Å². The van der Waals surface area contributed by atoms with Gasteiger partial charge in [-0.15, -0.1) is 0 Å². The number of carbonyl (C=O) groups is 1. The van der Waals surface area contributed by atoms with Crippen LogP contribution in [0.2, 0.25) is 0 Å². The fourth-order valence-electron chi connectivity index (χ4n) is 0.764. The number of nitrogen functional groups attached to an aromatic ring is 1. The van der Waals surface area contributed by atoms with Crippen LogP contribution in [-0.4, -0.2) is 38.1 Å². The van der Waals surface area contributed by atoms with E-state index in [0.717, 1.165) is 0 Å². The molecule has 0 saturated heterocycles. The standard InChI is InChI=1S/C3H4B4N2O2/c8-2-1(3(10)9-11)4-6-7-5-2/h11H,8H2,(H,9,10). The first kappa shape index (κ1) is 8.33. The van der Waals surface area contributed by atoms with Crippen LogP contribution in [-0.2, 0) is 0 Å². The second kappa shape index (κ2) is 3.57. The van der Waals surface area contributed by atoms with Crippen molar-refractivity contribution < 1.29 is 10.0 Å². The summed E-state index contributed by atoms with van der Waals surface area (Å²) in [5.41, 5.74) is 7.55. The predicted octanol–water partition coefficient (Wildman–Crippen LogP) is -2.26. The molecule has 0 radical (unpaired) electrons. The van der Waals surface area contributed by atoms with E-state index in [1.807, 2.05) is 0 Å². The number of nitrogens with two attached hydrogens (primary N) is 1. The van der Waals surface area contributed by atoms with Crippen LogP contribution in [0.15, 0.2) is 0 Å². The monoisotopic (exact) mass is 144 g/mol. The summed E-state index contributed by atoms with van der Waals surface area (Å²) in [6, 6.07) is 0. The normalized spacial score (nSPS) is 7.73. The van der Waals surface area contributed by atoms with Gasteiger partial charge in [-0.05, 0) is 0 Å². The third-order valence-electron chi connectivity index (χ3n) is 1.31. The van der Waals surface area contributed by atoms with E-state index in [0.29, 0.717) is 5.58 Å². The second-order valence-electron chi connectivity index (χ2n) is 2.03. The fraction of sp³-hybridized carbons (Fsp3) is 0. The molecule has 0 aliphatic heterocycles. The first-order valence-electron chi connectivity index (χ1n) is 3.04. The van der Waals surface area contributed by atoms with Gasteiger partial charge in [0.15, 0.2) is 0 Å². The van der Waals surface area contributed by atoms with Crippen molar-refractivity contribution in [3.63, 3.8) is 0 Å². The van der Waals surface area contributed by atoms with Gasteiger partial charge < -0.3 is 0 Å². The molecule has 0 fully saturated rings. The van der Waals surface area contributed by atoms with E-state index in [4.69, 9.17) is 10.9 Å². The Hall–Kier alpha value is -0.770. The number of rotatable bonds is 1. The summed E-state index contributed by atoms with van der Waals surface area (Å²) in [6.45, 7) is 6.50. The van der Waals surface area contributed by atoms with Gasteiger partial charge >= 0.3 is 65.1 Å². The molecule has 0 atom stereocenters. The van der Waals surface area contributed by atoms with Crippen molar-refractivity contribution in [1.29, 1.82) is 0 Å². The van der Waals surface area contributed by atoms with Gasteiger partial charge in [-0.2, -0.15) is 0 Å². The second-order valence-corrected chi connectivity index (χ2v) is 2.03. The van der Waals surface area contributed by atoms with Crippen molar-refractivity contribution >= 4 is 38.4 Å². The van der Waals surface area contributed by atoms with Crippen molar-refractivity contribution in [1.82, 2.24) is 5.48 Å². The van der Waals surface area contributed by atoms with Crippen LogP contribution in [0.3, 0.4) is 0 Å². The molecule has 1 aromatic rings. The Labute approximate surface area is 65.9 Å². The molecule has 8 heteroatoms. The summed E-state index contributed by atoms with van der Waals surface area (Å²) < 4.78 is 0. The predicted molar refractivity (Wildman–Crippen MR) is 45.5 cm³/mol. The molecule has 1 heterocycles. The SMILES string of the molecule is Nc1bbbbc1C(=O)NO. The average Bonchev–Trinajstić information content (AvgIpc) is 2.04. The Morgan fingerprint density at radius 2 is 2.09 bits per heavy atom. The minimum atomic E-state index is -0.594. The van der Waals surface area contributed by atoms with Gasteiger partial charge in [0.25, 0.3) is 0 Å². The molecule has 50 valence electrons. The summed E-state index contributed by atoms with van der Waals surface area (Å²) in [5.74, 6) is -0.594. The number of hydroxylamine groups is 1. The van der Waals surface area contributed by atoms with Crippen LogP contribution in [0.25, 0.3) is 0 Å². The van der Waals surface area contributed by atoms with Crippen molar-refractivity contribution in [3.8, 4) is 0 Å².